The summed E-state index contributed by atoms with van der Waals surface area (Å²) in [7, 11) is 0. The summed E-state index contributed by atoms with van der Waals surface area (Å²) in [5.41, 5.74) is 11.3. The van der Waals surface area contributed by atoms with Crippen molar-refractivity contribution >= 4 is 0 Å². The monoisotopic (exact) mass is 481 g/mol. The van der Waals surface area contributed by atoms with Gasteiger partial charge >= 0.3 is 0 Å². The highest BCUT2D eigenvalue weighted by Gasteiger charge is 2.52. The maximum Gasteiger partial charge on any atom is 0.0945 e. The van der Waals surface area contributed by atoms with Crippen LogP contribution in [0.3, 0.4) is 0 Å². The van der Waals surface area contributed by atoms with Crippen LogP contribution in [0.5, 0.6) is 0 Å². The molecule has 4 aromatic carbocycles. The number of nitrogens with zero attached hydrogens (tertiary/aromatic N) is 1. The number of hydrogen-bond donors (Lipinski definition) is 1. The first-order chi connectivity index (χ1) is 18.2. The molecule has 1 N–H and O–H groups in total. The summed E-state index contributed by atoms with van der Waals surface area (Å²) in [5, 5.41) is 11.8. The predicted molar refractivity (Wildman–Crippen MR) is 149 cm³/mol. The molecule has 0 saturated carbocycles. The van der Waals surface area contributed by atoms with E-state index in [0.29, 0.717) is 11.8 Å². The van der Waals surface area contributed by atoms with Gasteiger partial charge in [0.25, 0.3) is 0 Å². The second-order valence-electron chi connectivity index (χ2n) is 11.4. The van der Waals surface area contributed by atoms with E-state index in [9.17, 15) is 5.11 Å². The third-order valence-electron chi connectivity index (χ3n) is 9.88. The van der Waals surface area contributed by atoms with Crippen molar-refractivity contribution in [1.29, 1.82) is 0 Å². The molecule has 5 atom stereocenters. The minimum atomic E-state index is -0.494. The topological polar surface area (TPSA) is 23.5 Å². The molecule has 3 fully saturated rings. The van der Waals surface area contributed by atoms with Crippen molar-refractivity contribution in [3.05, 3.63) is 131 Å². The van der Waals surface area contributed by atoms with Crippen molar-refractivity contribution in [3.63, 3.8) is 0 Å². The molecule has 9 rings (SSSR count). The van der Waals surface area contributed by atoms with Gasteiger partial charge in [0, 0.05) is 12.6 Å². The molecule has 0 radical (unpaired) electrons. The third-order valence-corrected chi connectivity index (χ3v) is 9.88. The van der Waals surface area contributed by atoms with Gasteiger partial charge in [-0.2, -0.15) is 0 Å². The van der Waals surface area contributed by atoms with E-state index in [0.717, 1.165) is 25.1 Å². The highest BCUT2D eigenvalue weighted by molar-refractivity contribution is 5.94. The molecule has 2 aliphatic carbocycles. The van der Waals surface area contributed by atoms with Crippen molar-refractivity contribution in [2.24, 2.45) is 11.8 Å². The summed E-state index contributed by atoms with van der Waals surface area (Å²) in [4.78, 5) is 2.51. The van der Waals surface area contributed by atoms with Gasteiger partial charge in [0.05, 0.1) is 11.5 Å². The van der Waals surface area contributed by atoms with Crippen molar-refractivity contribution in [2.45, 2.75) is 30.4 Å². The molecule has 3 heterocycles. The molecule has 3 aliphatic heterocycles. The maximum atomic E-state index is 11.8. The Morgan fingerprint density at radius 1 is 0.784 bits per heavy atom. The fourth-order valence-electron chi connectivity index (χ4n) is 8.22. The van der Waals surface area contributed by atoms with E-state index >= 15 is 0 Å². The molecular formula is C35H31NO. The van der Waals surface area contributed by atoms with Gasteiger partial charge < -0.3 is 5.11 Å². The first-order valence-electron chi connectivity index (χ1n) is 13.7. The molecule has 2 bridgehead atoms. The van der Waals surface area contributed by atoms with Gasteiger partial charge in [0.1, 0.15) is 0 Å². The molecule has 5 aliphatic rings. The Hall–Kier alpha value is -3.46. The lowest BCUT2D eigenvalue weighted by Gasteiger charge is -2.50. The molecular weight excluding hydrogens is 450 g/mol. The Labute approximate surface area is 218 Å². The van der Waals surface area contributed by atoms with Gasteiger partial charge in [-0.25, -0.2) is 0 Å². The van der Waals surface area contributed by atoms with Crippen LogP contribution in [0, 0.1) is 11.8 Å². The van der Waals surface area contributed by atoms with Crippen molar-refractivity contribution < 1.29 is 5.11 Å². The Kier molecular flexibility index (Phi) is 4.54. The first kappa shape index (κ1) is 21.6. The Morgan fingerprint density at radius 3 is 1.89 bits per heavy atom. The van der Waals surface area contributed by atoms with Crippen LogP contribution in [0.4, 0.5) is 0 Å². The highest BCUT2D eigenvalue weighted by Crippen LogP contribution is 2.62. The second-order valence-corrected chi connectivity index (χ2v) is 11.4. The van der Waals surface area contributed by atoms with E-state index in [1.165, 1.54) is 50.9 Å². The molecule has 3 saturated heterocycles. The molecule has 1 unspecified atom stereocenters. The summed E-state index contributed by atoms with van der Waals surface area (Å²) in [6.07, 6.45) is 3.90. The van der Waals surface area contributed by atoms with Crippen LogP contribution in [0.1, 0.15) is 46.8 Å². The average Bonchev–Trinajstić information content (AvgIpc) is 3.44. The van der Waals surface area contributed by atoms with Gasteiger partial charge in [0.15, 0.2) is 0 Å². The molecule has 182 valence electrons. The van der Waals surface area contributed by atoms with Crippen molar-refractivity contribution in [2.75, 3.05) is 13.1 Å². The van der Waals surface area contributed by atoms with Gasteiger partial charge in [-0.3, -0.25) is 4.90 Å². The van der Waals surface area contributed by atoms with Crippen LogP contribution >= 0.6 is 0 Å². The zero-order valence-electron chi connectivity index (χ0n) is 21.0. The van der Waals surface area contributed by atoms with Crippen LogP contribution in [0.2, 0.25) is 0 Å². The highest BCUT2D eigenvalue weighted by atomic mass is 16.3. The van der Waals surface area contributed by atoms with E-state index in [-0.39, 0.29) is 11.5 Å². The van der Waals surface area contributed by atoms with Crippen LogP contribution in [-0.2, 0) is 5.41 Å². The van der Waals surface area contributed by atoms with Gasteiger partial charge in [-0.1, -0.05) is 97.1 Å². The summed E-state index contributed by atoms with van der Waals surface area (Å²) in [5.74, 6) is 1.20. The molecule has 1 spiro atoms. The zero-order valence-corrected chi connectivity index (χ0v) is 21.0. The minimum Gasteiger partial charge on any atom is -0.387 e. The fourth-order valence-corrected chi connectivity index (χ4v) is 8.22. The van der Waals surface area contributed by atoms with E-state index in [4.69, 9.17) is 0 Å². The minimum absolute atomic E-state index is 0.177. The largest absolute Gasteiger partial charge is 0.387 e. The molecule has 37 heavy (non-hydrogen) atoms. The lowest BCUT2D eigenvalue weighted by Crippen LogP contribution is -2.54. The van der Waals surface area contributed by atoms with Crippen LogP contribution in [0.25, 0.3) is 22.3 Å². The SMILES string of the molecule is C=C[C@H]1CN2CC[C@H]1C[C@H]2[C@H](O)c1ccc2c(c1)C1(c3ccccc3-c3ccccc31)c1ccccc1-2. The summed E-state index contributed by atoms with van der Waals surface area (Å²) in [6, 6.07) is 33.7. The second kappa shape index (κ2) is 7.77. The zero-order chi connectivity index (χ0) is 24.7. The summed E-state index contributed by atoms with van der Waals surface area (Å²) >= 11 is 0. The summed E-state index contributed by atoms with van der Waals surface area (Å²) in [6.45, 7) is 6.18. The quantitative estimate of drug-likeness (QED) is 0.276. The normalized spacial score (nSPS) is 26.3. The van der Waals surface area contributed by atoms with E-state index in [1.807, 2.05) is 0 Å². The van der Waals surface area contributed by atoms with Gasteiger partial charge in [-0.15, -0.1) is 6.58 Å². The van der Waals surface area contributed by atoms with Crippen LogP contribution in [-0.4, -0.2) is 29.1 Å². The Bertz CT molecular complexity index is 1500. The number of rotatable bonds is 3. The Morgan fingerprint density at radius 2 is 1.35 bits per heavy atom. The molecule has 2 nitrogen and oxygen atoms in total. The summed E-state index contributed by atoms with van der Waals surface area (Å²) < 4.78 is 0. The fraction of sp³-hybridized carbons (Fsp3) is 0.257. The van der Waals surface area contributed by atoms with Crippen LogP contribution < -0.4 is 0 Å². The van der Waals surface area contributed by atoms with Gasteiger partial charge in [-0.05, 0) is 81.3 Å². The number of aliphatic hydroxyl groups excluding tert-OH is 1. The number of benzene rings is 4. The molecule has 4 aromatic rings. The predicted octanol–water partition coefficient (Wildman–Crippen LogP) is 6.96. The molecule has 2 heteroatoms. The number of piperidine rings is 3. The smallest absolute Gasteiger partial charge is 0.0945 e. The Balaban J connectivity index is 1.33. The van der Waals surface area contributed by atoms with E-state index in [2.05, 4.69) is 109 Å². The molecule has 0 aromatic heterocycles. The van der Waals surface area contributed by atoms with E-state index < -0.39 is 6.10 Å². The standard InChI is InChI=1S/C35H31NO/c1-2-22-21-36-18-17-23(22)20-33(36)34(37)24-15-16-28-27-11-5-8-14-31(27)35(32(28)19-24)29-12-6-3-9-25(29)26-10-4-7-13-30(26)35/h2-16,19,22-23,33-34,37H,1,17-18,20-21H2/t22-,23-,33-,34+/m0/s1. The number of fused-ring (bicyclic) bond motifs is 13. The molecule has 0 amide bonds. The van der Waals surface area contributed by atoms with Crippen molar-refractivity contribution in [1.82, 2.24) is 4.90 Å². The van der Waals surface area contributed by atoms with Crippen molar-refractivity contribution in [3.8, 4) is 22.3 Å². The van der Waals surface area contributed by atoms with Gasteiger partial charge in [0.2, 0.25) is 0 Å². The average molecular weight is 482 g/mol. The first-order valence-corrected chi connectivity index (χ1v) is 13.7. The third kappa shape index (κ3) is 2.72. The van der Waals surface area contributed by atoms with E-state index in [1.54, 1.807) is 0 Å². The lowest BCUT2D eigenvalue weighted by molar-refractivity contribution is -0.0449. The van der Waals surface area contributed by atoms with Crippen LogP contribution in [0.15, 0.2) is 104 Å². The lowest BCUT2D eigenvalue weighted by atomic mass is 9.70. The number of hydrogen-bond acceptors (Lipinski definition) is 2. The maximum absolute atomic E-state index is 11.8. The number of aliphatic hydroxyl groups is 1.